The first-order valence-corrected chi connectivity index (χ1v) is 6.62. The fourth-order valence-corrected chi connectivity index (χ4v) is 3.78. The molecule has 84 valence electrons. The zero-order chi connectivity index (χ0) is 11.2. The fourth-order valence-electron chi connectivity index (χ4n) is 3.78. The van der Waals surface area contributed by atoms with Crippen molar-refractivity contribution in [1.29, 1.82) is 0 Å². The van der Waals surface area contributed by atoms with Crippen LogP contribution in [0, 0.1) is 11.8 Å². The van der Waals surface area contributed by atoms with E-state index in [-0.39, 0.29) is 0 Å². The van der Waals surface area contributed by atoms with Crippen molar-refractivity contribution in [3.63, 3.8) is 0 Å². The monoisotopic (exact) mass is 220 g/mol. The summed E-state index contributed by atoms with van der Waals surface area (Å²) < 4.78 is 0. The molecule has 3 aliphatic carbocycles. The van der Waals surface area contributed by atoms with Gasteiger partial charge in [0.15, 0.2) is 0 Å². The van der Waals surface area contributed by atoms with Crippen molar-refractivity contribution in [2.24, 2.45) is 11.8 Å². The molecule has 0 heteroatoms. The van der Waals surface area contributed by atoms with Gasteiger partial charge in [-0.15, -0.1) is 0 Å². The van der Waals surface area contributed by atoms with Gasteiger partial charge >= 0.3 is 0 Å². The SMILES string of the molecule is C1=CC2=C3CCCC3C2C(c2ccccc2)=C1. The molecular formula is C17H16. The highest BCUT2D eigenvalue weighted by atomic mass is 14.5. The molecule has 3 aliphatic rings. The second-order valence-corrected chi connectivity index (χ2v) is 5.30. The average molecular weight is 220 g/mol. The number of hydrogen-bond donors (Lipinski definition) is 0. The van der Waals surface area contributed by atoms with Crippen LogP contribution in [0.1, 0.15) is 24.8 Å². The molecule has 1 saturated carbocycles. The Bertz CT molecular complexity index is 543. The van der Waals surface area contributed by atoms with Gasteiger partial charge in [0, 0.05) is 5.92 Å². The summed E-state index contributed by atoms with van der Waals surface area (Å²) in [6.45, 7) is 0. The Kier molecular flexibility index (Phi) is 1.93. The van der Waals surface area contributed by atoms with Crippen molar-refractivity contribution in [3.8, 4) is 0 Å². The Hall–Kier alpha value is -1.56. The number of hydrogen-bond acceptors (Lipinski definition) is 0. The Labute approximate surface area is 102 Å². The average Bonchev–Trinajstić information content (AvgIpc) is 2.80. The maximum absolute atomic E-state index is 2.34. The van der Waals surface area contributed by atoms with E-state index in [1.807, 2.05) is 0 Å². The van der Waals surface area contributed by atoms with Crippen LogP contribution in [0.5, 0.6) is 0 Å². The predicted octanol–water partition coefficient (Wildman–Crippen LogP) is 4.37. The molecule has 0 nitrogen and oxygen atoms in total. The topological polar surface area (TPSA) is 0 Å². The van der Waals surface area contributed by atoms with Gasteiger partial charge in [-0.1, -0.05) is 54.1 Å². The van der Waals surface area contributed by atoms with Crippen molar-refractivity contribution in [1.82, 2.24) is 0 Å². The Balaban J connectivity index is 1.80. The lowest BCUT2D eigenvalue weighted by Crippen LogP contribution is -2.29. The first kappa shape index (κ1) is 9.47. The summed E-state index contributed by atoms with van der Waals surface area (Å²) in [4.78, 5) is 0. The minimum atomic E-state index is 0.708. The normalized spacial score (nSPS) is 29.5. The molecule has 0 N–H and O–H groups in total. The zero-order valence-electron chi connectivity index (χ0n) is 9.89. The first-order chi connectivity index (χ1) is 8.45. The molecule has 1 aromatic rings. The third-order valence-electron chi connectivity index (χ3n) is 4.51. The molecule has 0 aliphatic heterocycles. The summed E-state index contributed by atoms with van der Waals surface area (Å²) in [5.74, 6) is 1.57. The van der Waals surface area contributed by atoms with Crippen LogP contribution < -0.4 is 0 Å². The second-order valence-electron chi connectivity index (χ2n) is 5.30. The predicted molar refractivity (Wildman–Crippen MR) is 71.4 cm³/mol. The van der Waals surface area contributed by atoms with Gasteiger partial charge in [-0.05, 0) is 41.9 Å². The van der Waals surface area contributed by atoms with Crippen LogP contribution in [0.4, 0.5) is 0 Å². The molecule has 0 heterocycles. The molecule has 1 fully saturated rings. The van der Waals surface area contributed by atoms with Crippen molar-refractivity contribution in [2.75, 3.05) is 0 Å². The summed E-state index contributed by atoms with van der Waals surface area (Å²) in [5, 5.41) is 0. The van der Waals surface area contributed by atoms with E-state index in [1.54, 1.807) is 16.7 Å². The lowest BCUT2D eigenvalue weighted by Gasteiger charge is -2.41. The largest absolute Gasteiger partial charge is 0.0623 e. The lowest BCUT2D eigenvalue weighted by atomic mass is 9.63. The second kappa shape index (κ2) is 3.46. The molecule has 0 aromatic heterocycles. The van der Waals surface area contributed by atoms with Crippen LogP contribution >= 0.6 is 0 Å². The van der Waals surface area contributed by atoms with Crippen molar-refractivity contribution in [2.45, 2.75) is 19.3 Å². The van der Waals surface area contributed by atoms with E-state index in [0.717, 1.165) is 5.92 Å². The van der Waals surface area contributed by atoms with Gasteiger partial charge in [-0.2, -0.15) is 0 Å². The van der Waals surface area contributed by atoms with Crippen molar-refractivity contribution >= 4 is 5.57 Å². The molecule has 0 amide bonds. The smallest absolute Gasteiger partial charge is 0.0161 e. The molecule has 4 rings (SSSR count). The molecule has 0 saturated heterocycles. The molecule has 0 spiro atoms. The number of benzene rings is 1. The summed E-state index contributed by atoms with van der Waals surface area (Å²) in [6, 6.07) is 10.9. The van der Waals surface area contributed by atoms with Gasteiger partial charge < -0.3 is 0 Å². The van der Waals surface area contributed by atoms with Crippen LogP contribution in [0.25, 0.3) is 5.57 Å². The van der Waals surface area contributed by atoms with Gasteiger partial charge in [-0.25, -0.2) is 0 Å². The fraction of sp³-hybridized carbons (Fsp3) is 0.294. The van der Waals surface area contributed by atoms with Crippen LogP contribution in [0.2, 0.25) is 0 Å². The Morgan fingerprint density at radius 2 is 1.94 bits per heavy atom. The van der Waals surface area contributed by atoms with E-state index < -0.39 is 0 Å². The van der Waals surface area contributed by atoms with Crippen LogP contribution in [-0.2, 0) is 0 Å². The third kappa shape index (κ3) is 1.24. The van der Waals surface area contributed by atoms with Gasteiger partial charge in [0.1, 0.15) is 0 Å². The van der Waals surface area contributed by atoms with E-state index in [0.29, 0.717) is 5.92 Å². The summed E-state index contributed by atoms with van der Waals surface area (Å²) in [5.41, 5.74) is 6.34. The number of allylic oxidation sites excluding steroid dienone is 6. The maximum Gasteiger partial charge on any atom is 0.0161 e. The van der Waals surface area contributed by atoms with Gasteiger partial charge in [0.25, 0.3) is 0 Å². The van der Waals surface area contributed by atoms with E-state index in [9.17, 15) is 0 Å². The molecule has 2 unspecified atom stereocenters. The Morgan fingerprint density at radius 1 is 1.06 bits per heavy atom. The molecule has 1 aromatic carbocycles. The van der Waals surface area contributed by atoms with Crippen LogP contribution in [0.15, 0.2) is 59.7 Å². The zero-order valence-corrected chi connectivity index (χ0v) is 9.89. The standard InChI is InChI=1S/C17H16/c1-2-6-12(7-3-1)13-8-4-10-15-14-9-5-11-16(14)17(13)15/h1-4,6-8,10,16-17H,5,9,11H2. The molecule has 2 atom stereocenters. The highest BCUT2D eigenvalue weighted by Gasteiger charge is 2.43. The molecule has 0 radical (unpaired) electrons. The van der Waals surface area contributed by atoms with Gasteiger partial charge in [0.2, 0.25) is 0 Å². The summed E-state index contributed by atoms with van der Waals surface area (Å²) in [6.07, 6.45) is 11.0. The summed E-state index contributed by atoms with van der Waals surface area (Å²) >= 11 is 0. The highest BCUT2D eigenvalue weighted by molar-refractivity contribution is 5.78. The van der Waals surface area contributed by atoms with Crippen LogP contribution in [-0.4, -0.2) is 0 Å². The molecule has 0 bridgehead atoms. The Morgan fingerprint density at radius 3 is 2.82 bits per heavy atom. The van der Waals surface area contributed by atoms with E-state index in [2.05, 4.69) is 48.6 Å². The third-order valence-corrected chi connectivity index (χ3v) is 4.51. The van der Waals surface area contributed by atoms with Gasteiger partial charge in [0.05, 0.1) is 0 Å². The van der Waals surface area contributed by atoms with E-state index in [1.165, 1.54) is 24.8 Å². The van der Waals surface area contributed by atoms with Gasteiger partial charge in [-0.3, -0.25) is 0 Å². The highest BCUT2D eigenvalue weighted by Crippen LogP contribution is 2.57. The van der Waals surface area contributed by atoms with Crippen molar-refractivity contribution < 1.29 is 0 Å². The minimum absolute atomic E-state index is 0.708. The summed E-state index contributed by atoms with van der Waals surface area (Å²) in [7, 11) is 0. The molecule has 17 heavy (non-hydrogen) atoms. The quantitative estimate of drug-likeness (QED) is 0.659. The van der Waals surface area contributed by atoms with Crippen LogP contribution in [0.3, 0.4) is 0 Å². The van der Waals surface area contributed by atoms with E-state index >= 15 is 0 Å². The number of rotatable bonds is 1. The number of fused-ring (bicyclic) bond motifs is 3. The van der Waals surface area contributed by atoms with Crippen molar-refractivity contribution in [3.05, 3.63) is 65.3 Å². The molecular weight excluding hydrogens is 204 g/mol. The minimum Gasteiger partial charge on any atom is -0.0623 e. The first-order valence-electron chi connectivity index (χ1n) is 6.62. The maximum atomic E-state index is 2.34. The lowest BCUT2D eigenvalue weighted by molar-refractivity contribution is 0.472. The van der Waals surface area contributed by atoms with E-state index in [4.69, 9.17) is 0 Å².